The van der Waals surface area contributed by atoms with E-state index >= 15 is 0 Å². The number of hydrogen-bond acceptors (Lipinski definition) is 2. The molecule has 0 saturated heterocycles. The van der Waals surface area contributed by atoms with Crippen LogP contribution in [0.15, 0.2) is 59.6 Å². The normalized spacial score (nSPS) is 11.3. The number of aromatic hydroxyl groups is 1. The molecular formula is C21H22N2O. The van der Waals surface area contributed by atoms with Gasteiger partial charge in [-0.3, -0.25) is 4.99 Å². The number of aromatic nitrogens is 1. The monoisotopic (exact) mass is 318 g/mol. The Morgan fingerprint density at radius 1 is 1.04 bits per heavy atom. The van der Waals surface area contributed by atoms with Crippen LogP contribution in [0.3, 0.4) is 0 Å². The molecule has 0 radical (unpaired) electrons. The van der Waals surface area contributed by atoms with Crippen molar-refractivity contribution in [2.24, 2.45) is 4.99 Å². The molecule has 3 nitrogen and oxygen atoms in total. The first-order valence-corrected chi connectivity index (χ1v) is 8.20. The van der Waals surface area contributed by atoms with Crippen LogP contribution >= 0.6 is 0 Å². The van der Waals surface area contributed by atoms with Gasteiger partial charge in [0.2, 0.25) is 0 Å². The highest BCUT2D eigenvalue weighted by Crippen LogP contribution is 2.22. The van der Waals surface area contributed by atoms with Gasteiger partial charge in [-0.15, -0.1) is 0 Å². The summed E-state index contributed by atoms with van der Waals surface area (Å²) in [5, 5.41) is 9.53. The van der Waals surface area contributed by atoms with Crippen molar-refractivity contribution >= 4 is 11.9 Å². The summed E-state index contributed by atoms with van der Waals surface area (Å²) in [6, 6.07) is 17.8. The summed E-state index contributed by atoms with van der Waals surface area (Å²) in [5.74, 6) is 0.228. The van der Waals surface area contributed by atoms with Crippen molar-refractivity contribution < 1.29 is 5.11 Å². The molecule has 0 aliphatic rings. The number of phenolic OH excluding ortho intramolecular Hbond substituents is 1. The van der Waals surface area contributed by atoms with Crippen LogP contribution in [0.25, 0.3) is 5.69 Å². The zero-order valence-electron chi connectivity index (χ0n) is 14.3. The van der Waals surface area contributed by atoms with Crippen LogP contribution in [0.2, 0.25) is 0 Å². The molecule has 3 heteroatoms. The molecular weight excluding hydrogens is 296 g/mol. The number of benzene rings is 2. The molecule has 1 aromatic heterocycles. The van der Waals surface area contributed by atoms with Gasteiger partial charge < -0.3 is 9.67 Å². The van der Waals surface area contributed by atoms with Gasteiger partial charge in [0, 0.05) is 34.9 Å². The number of hydrogen-bond donors (Lipinski definition) is 1. The Morgan fingerprint density at radius 3 is 2.46 bits per heavy atom. The lowest BCUT2D eigenvalue weighted by atomic mass is 10.1. The van der Waals surface area contributed by atoms with Gasteiger partial charge in [0.1, 0.15) is 5.75 Å². The van der Waals surface area contributed by atoms with E-state index in [0.717, 1.165) is 23.4 Å². The third kappa shape index (κ3) is 3.25. The van der Waals surface area contributed by atoms with Crippen molar-refractivity contribution in [3.8, 4) is 11.4 Å². The smallest absolute Gasteiger partial charge is 0.117 e. The molecule has 0 aliphatic heterocycles. The van der Waals surface area contributed by atoms with Gasteiger partial charge in [-0.2, -0.15) is 0 Å². The molecule has 0 atom stereocenters. The second-order valence-corrected chi connectivity index (χ2v) is 5.96. The Kier molecular flexibility index (Phi) is 4.52. The third-order valence-electron chi connectivity index (χ3n) is 4.26. The quantitative estimate of drug-likeness (QED) is 0.667. The van der Waals surface area contributed by atoms with Gasteiger partial charge in [0.05, 0.1) is 5.69 Å². The Balaban J connectivity index is 1.94. The first-order valence-electron chi connectivity index (χ1n) is 8.20. The molecule has 2 aromatic carbocycles. The van der Waals surface area contributed by atoms with Crippen LogP contribution in [0.5, 0.6) is 5.75 Å². The molecule has 3 aromatic rings. The number of aryl methyl sites for hydroxylation is 2. The molecule has 24 heavy (non-hydrogen) atoms. The third-order valence-corrected chi connectivity index (χ3v) is 4.26. The van der Waals surface area contributed by atoms with E-state index in [1.54, 1.807) is 18.2 Å². The van der Waals surface area contributed by atoms with Gasteiger partial charge in [0.25, 0.3) is 0 Å². The summed E-state index contributed by atoms with van der Waals surface area (Å²) in [6.07, 6.45) is 2.90. The van der Waals surface area contributed by atoms with E-state index in [4.69, 9.17) is 0 Å². The average Bonchev–Trinajstić information content (AvgIpc) is 2.87. The standard InChI is InChI=1S/C21H22N2O/c1-4-17-8-10-20(11-9-17)23-15(2)12-18(16(23)3)14-22-19-6-5-7-21(24)13-19/h5-14,24H,4H2,1-3H3. The van der Waals surface area contributed by atoms with E-state index in [9.17, 15) is 5.11 Å². The second kappa shape index (κ2) is 6.75. The largest absolute Gasteiger partial charge is 0.508 e. The first-order chi connectivity index (χ1) is 11.6. The van der Waals surface area contributed by atoms with Gasteiger partial charge in [-0.1, -0.05) is 25.1 Å². The summed E-state index contributed by atoms with van der Waals surface area (Å²) in [7, 11) is 0. The molecule has 0 unspecified atom stereocenters. The number of phenols is 1. The van der Waals surface area contributed by atoms with Crippen molar-refractivity contribution in [3.63, 3.8) is 0 Å². The molecule has 3 rings (SSSR count). The minimum Gasteiger partial charge on any atom is -0.508 e. The van der Waals surface area contributed by atoms with Crippen molar-refractivity contribution in [1.29, 1.82) is 0 Å². The van der Waals surface area contributed by atoms with E-state index in [1.807, 2.05) is 12.3 Å². The lowest BCUT2D eigenvalue weighted by Crippen LogP contribution is -1.99. The summed E-state index contributed by atoms with van der Waals surface area (Å²) >= 11 is 0. The molecule has 1 heterocycles. The van der Waals surface area contributed by atoms with Crippen LogP contribution in [-0.2, 0) is 6.42 Å². The van der Waals surface area contributed by atoms with Crippen LogP contribution in [0, 0.1) is 13.8 Å². The average molecular weight is 318 g/mol. The van der Waals surface area contributed by atoms with Crippen LogP contribution < -0.4 is 0 Å². The predicted molar refractivity (Wildman–Crippen MR) is 100.0 cm³/mol. The highest BCUT2D eigenvalue weighted by Gasteiger charge is 2.09. The SMILES string of the molecule is CCc1ccc(-n2c(C)cc(C=Nc3cccc(O)c3)c2C)cc1. The Morgan fingerprint density at radius 2 is 1.79 bits per heavy atom. The minimum atomic E-state index is 0.228. The van der Waals surface area contributed by atoms with Gasteiger partial charge in [-0.05, 0) is 56.2 Å². The van der Waals surface area contributed by atoms with Crippen molar-refractivity contribution in [2.75, 3.05) is 0 Å². The van der Waals surface area contributed by atoms with Crippen LogP contribution in [0.1, 0.15) is 29.4 Å². The first kappa shape index (κ1) is 16.1. The fraction of sp³-hybridized carbons (Fsp3) is 0.190. The van der Waals surface area contributed by atoms with Crippen LogP contribution in [-0.4, -0.2) is 15.9 Å². The summed E-state index contributed by atoms with van der Waals surface area (Å²) < 4.78 is 2.24. The van der Waals surface area contributed by atoms with E-state index in [2.05, 4.69) is 60.7 Å². The van der Waals surface area contributed by atoms with Gasteiger partial charge >= 0.3 is 0 Å². The fourth-order valence-corrected chi connectivity index (χ4v) is 2.91. The number of aliphatic imine (C=N–C) groups is 1. The second-order valence-electron chi connectivity index (χ2n) is 5.96. The Bertz CT molecular complexity index is 873. The Hall–Kier alpha value is -2.81. The van der Waals surface area contributed by atoms with Crippen molar-refractivity contribution in [2.45, 2.75) is 27.2 Å². The van der Waals surface area contributed by atoms with Gasteiger partial charge in [0.15, 0.2) is 0 Å². The van der Waals surface area contributed by atoms with E-state index in [-0.39, 0.29) is 5.75 Å². The topological polar surface area (TPSA) is 37.5 Å². The maximum atomic E-state index is 9.53. The zero-order valence-corrected chi connectivity index (χ0v) is 14.3. The molecule has 0 aliphatic carbocycles. The van der Waals surface area contributed by atoms with E-state index in [1.165, 1.54) is 16.9 Å². The maximum absolute atomic E-state index is 9.53. The highest BCUT2D eigenvalue weighted by molar-refractivity contribution is 5.84. The Labute approximate surface area is 142 Å². The fourth-order valence-electron chi connectivity index (χ4n) is 2.91. The lowest BCUT2D eigenvalue weighted by molar-refractivity contribution is 0.475. The minimum absolute atomic E-state index is 0.228. The number of nitrogens with zero attached hydrogens (tertiary/aromatic N) is 2. The summed E-state index contributed by atoms with van der Waals surface area (Å²) in [4.78, 5) is 4.48. The molecule has 122 valence electrons. The summed E-state index contributed by atoms with van der Waals surface area (Å²) in [6.45, 7) is 6.37. The van der Waals surface area contributed by atoms with Crippen LogP contribution in [0.4, 0.5) is 5.69 Å². The van der Waals surface area contributed by atoms with E-state index < -0.39 is 0 Å². The van der Waals surface area contributed by atoms with Gasteiger partial charge in [-0.25, -0.2) is 0 Å². The number of rotatable bonds is 4. The van der Waals surface area contributed by atoms with E-state index in [0.29, 0.717) is 0 Å². The van der Waals surface area contributed by atoms with Crippen molar-refractivity contribution in [3.05, 3.63) is 77.1 Å². The van der Waals surface area contributed by atoms with Crippen molar-refractivity contribution in [1.82, 2.24) is 4.57 Å². The highest BCUT2D eigenvalue weighted by atomic mass is 16.3. The predicted octanol–water partition coefficient (Wildman–Crippen LogP) is 5.11. The molecule has 0 bridgehead atoms. The summed E-state index contributed by atoms with van der Waals surface area (Å²) in [5.41, 5.74) is 6.66. The molecule has 0 spiro atoms. The molecule has 0 amide bonds. The maximum Gasteiger partial charge on any atom is 0.117 e. The molecule has 1 N–H and O–H groups in total. The lowest BCUT2D eigenvalue weighted by Gasteiger charge is -2.10. The molecule has 0 saturated carbocycles. The zero-order chi connectivity index (χ0) is 17.1. The molecule has 0 fully saturated rings.